The van der Waals surface area contributed by atoms with Crippen molar-refractivity contribution in [2.45, 2.75) is 45.6 Å². The van der Waals surface area contributed by atoms with Gasteiger partial charge in [-0.25, -0.2) is 4.85 Å². The van der Waals surface area contributed by atoms with Gasteiger partial charge in [-0.1, -0.05) is 24.3 Å². The lowest BCUT2D eigenvalue weighted by atomic mass is 10.0. The summed E-state index contributed by atoms with van der Waals surface area (Å²) in [5, 5.41) is 15.2. The van der Waals surface area contributed by atoms with E-state index < -0.39 is 0 Å². The number of nitrogens with one attached hydrogen (secondary N) is 2. The number of hydrogen-bond acceptors (Lipinski definition) is 5. The SMILES string of the molecule is [C-]#[N+]c1ccc(Nc2cc(Oc3c(C)cc(CCC#N)cc3C)c(C(=O)NC3CC3)cc2N)cc1. The van der Waals surface area contributed by atoms with Crippen molar-refractivity contribution in [3.05, 3.63) is 82.2 Å². The molecule has 0 spiro atoms. The van der Waals surface area contributed by atoms with E-state index in [-0.39, 0.29) is 11.9 Å². The maximum Gasteiger partial charge on any atom is 0.255 e. The van der Waals surface area contributed by atoms with Crippen LogP contribution in [0.4, 0.5) is 22.7 Å². The van der Waals surface area contributed by atoms with Crippen LogP contribution in [0.15, 0.2) is 48.5 Å². The van der Waals surface area contributed by atoms with Crippen molar-refractivity contribution in [2.75, 3.05) is 11.1 Å². The first-order chi connectivity index (χ1) is 16.9. The van der Waals surface area contributed by atoms with Gasteiger partial charge in [0.05, 0.1) is 29.6 Å². The van der Waals surface area contributed by atoms with Gasteiger partial charge in [0, 0.05) is 24.2 Å². The number of nitrogen functional groups attached to an aromatic ring is 1. The molecule has 0 aromatic heterocycles. The Morgan fingerprint density at radius 1 is 1.17 bits per heavy atom. The van der Waals surface area contributed by atoms with Crippen LogP contribution in [0.25, 0.3) is 4.85 Å². The van der Waals surface area contributed by atoms with Crippen LogP contribution in [-0.2, 0) is 6.42 Å². The Kier molecular flexibility index (Phi) is 6.89. The van der Waals surface area contributed by atoms with Crippen LogP contribution in [0.5, 0.6) is 11.5 Å². The molecule has 1 amide bonds. The number of benzene rings is 3. The first-order valence-corrected chi connectivity index (χ1v) is 11.5. The lowest BCUT2D eigenvalue weighted by molar-refractivity contribution is 0.0949. The summed E-state index contributed by atoms with van der Waals surface area (Å²) in [5.74, 6) is 0.847. The summed E-state index contributed by atoms with van der Waals surface area (Å²) in [6.45, 7) is 11.0. The number of nitrogens with zero attached hydrogens (tertiary/aromatic N) is 2. The number of rotatable bonds is 8. The molecule has 0 aliphatic heterocycles. The van der Waals surface area contributed by atoms with Crippen molar-refractivity contribution >= 4 is 28.7 Å². The van der Waals surface area contributed by atoms with Crippen molar-refractivity contribution in [1.29, 1.82) is 5.26 Å². The normalized spacial score (nSPS) is 12.3. The molecular weight excluding hydrogens is 438 g/mol. The Morgan fingerprint density at radius 3 is 2.46 bits per heavy atom. The average Bonchev–Trinajstić information content (AvgIpc) is 3.66. The molecule has 3 aromatic carbocycles. The molecule has 7 nitrogen and oxygen atoms in total. The van der Waals surface area contributed by atoms with Crippen molar-refractivity contribution < 1.29 is 9.53 Å². The van der Waals surface area contributed by atoms with E-state index in [2.05, 4.69) is 21.5 Å². The van der Waals surface area contributed by atoms with Gasteiger partial charge in [-0.2, -0.15) is 5.26 Å². The second-order valence-corrected chi connectivity index (χ2v) is 8.79. The minimum atomic E-state index is -0.219. The van der Waals surface area contributed by atoms with Gasteiger partial charge in [0.2, 0.25) is 0 Å². The molecule has 4 N–H and O–H groups in total. The summed E-state index contributed by atoms with van der Waals surface area (Å²) in [6.07, 6.45) is 3.07. The largest absolute Gasteiger partial charge is 0.456 e. The molecule has 0 heterocycles. The number of amides is 1. The van der Waals surface area contributed by atoms with Gasteiger partial charge in [0.15, 0.2) is 5.69 Å². The summed E-state index contributed by atoms with van der Waals surface area (Å²) < 4.78 is 6.36. The van der Waals surface area contributed by atoms with E-state index >= 15 is 0 Å². The fourth-order valence-corrected chi connectivity index (χ4v) is 3.89. The molecule has 1 fully saturated rings. The second kappa shape index (κ2) is 10.2. The smallest absolute Gasteiger partial charge is 0.255 e. The zero-order chi connectivity index (χ0) is 24.9. The molecule has 0 unspecified atom stereocenters. The molecule has 0 bridgehead atoms. The minimum absolute atomic E-state index is 0.193. The Hall–Kier alpha value is -4.49. The van der Waals surface area contributed by atoms with Crippen LogP contribution in [0.1, 0.15) is 46.3 Å². The van der Waals surface area contributed by atoms with Gasteiger partial charge in [-0.15, -0.1) is 0 Å². The second-order valence-electron chi connectivity index (χ2n) is 8.79. The van der Waals surface area contributed by atoms with Crippen molar-refractivity contribution in [2.24, 2.45) is 0 Å². The number of anilines is 3. The van der Waals surface area contributed by atoms with Crippen molar-refractivity contribution in [1.82, 2.24) is 5.32 Å². The first kappa shape index (κ1) is 23.7. The summed E-state index contributed by atoms with van der Waals surface area (Å²) in [5.41, 5.74) is 11.9. The van der Waals surface area contributed by atoms with E-state index in [0.29, 0.717) is 47.0 Å². The highest BCUT2D eigenvalue weighted by Crippen LogP contribution is 2.37. The maximum absolute atomic E-state index is 13.0. The van der Waals surface area contributed by atoms with Gasteiger partial charge in [0.1, 0.15) is 11.5 Å². The Morgan fingerprint density at radius 2 is 1.86 bits per heavy atom. The molecule has 0 atom stereocenters. The zero-order valence-electron chi connectivity index (χ0n) is 19.8. The predicted octanol–water partition coefficient (Wildman–Crippen LogP) is 6.32. The fraction of sp³-hybridized carbons (Fsp3) is 0.250. The monoisotopic (exact) mass is 465 g/mol. The fourth-order valence-electron chi connectivity index (χ4n) is 3.89. The highest BCUT2D eigenvalue weighted by molar-refractivity contribution is 6.00. The standard InChI is InChI=1S/C28H27N5O2/c1-17-13-19(5-4-12-29)14-18(2)27(17)35-26-16-25(32-21-8-6-20(31-3)7-9-21)24(30)15-23(26)28(34)33-22-10-11-22/h6-9,13-16,22,32H,4-5,10-11,30H2,1-2H3,(H,33,34). The average molecular weight is 466 g/mol. The molecule has 4 rings (SSSR count). The number of carbonyl (C=O) groups excluding carboxylic acids is 1. The van der Waals surface area contributed by atoms with Crippen LogP contribution in [0.2, 0.25) is 0 Å². The summed E-state index contributed by atoms with van der Waals surface area (Å²) in [4.78, 5) is 16.4. The van der Waals surface area contributed by atoms with Crippen LogP contribution in [-0.4, -0.2) is 11.9 Å². The van der Waals surface area contributed by atoms with Crippen LogP contribution >= 0.6 is 0 Å². The summed E-state index contributed by atoms with van der Waals surface area (Å²) >= 11 is 0. The molecule has 7 heteroatoms. The number of nitriles is 1. The molecule has 1 aliphatic rings. The van der Waals surface area contributed by atoms with Crippen LogP contribution in [0.3, 0.4) is 0 Å². The van der Waals surface area contributed by atoms with Crippen LogP contribution in [0, 0.1) is 31.8 Å². The molecule has 176 valence electrons. The lowest BCUT2D eigenvalue weighted by Gasteiger charge is -2.19. The molecule has 1 aliphatic carbocycles. The number of aryl methyl sites for hydroxylation is 3. The van der Waals surface area contributed by atoms with Gasteiger partial charge in [0.25, 0.3) is 5.91 Å². The van der Waals surface area contributed by atoms with Gasteiger partial charge >= 0.3 is 0 Å². The number of nitrogens with two attached hydrogens (primary N) is 1. The lowest BCUT2D eigenvalue weighted by Crippen LogP contribution is -2.26. The van der Waals surface area contributed by atoms with E-state index in [1.54, 1.807) is 36.4 Å². The summed E-state index contributed by atoms with van der Waals surface area (Å²) in [7, 11) is 0. The number of hydrogen-bond donors (Lipinski definition) is 3. The molecule has 35 heavy (non-hydrogen) atoms. The van der Waals surface area contributed by atoms with Gasteiger partial charge in [-0.05, 0) is 68.0 Å². The maximum atomic E-state index is 13.0. The highest BCUT2D eigenvalue weighted by atomic mass is 16.5. The minimum Gasteiger partial charge on any atom is -0.456 e. The molecule has 0 saturated heterocycles. The Balaban J connectivity index is 1.70. The number of carbonyl (C=O) groups is 1. The third kappa shape index (κ3) is 5.72. The Labute approximate surface area is 205 Å². The summed E-state index contributed by atoms with van der Waals surface area (Å²) in [6, 6.07) is 16.8. The quantitative estimate of drug-likeness (QED) is 0.267. The molecule has 3 aromatic rings. The van der Waals surface area contributed by atoms with E-state index in [1.807, 2.05) is 26.0 Å². The number of ether oxygens (including phenoxy) is 1. The van der Waals surface area contributed by atoms with Gasteiger partial charge < -0.3 is 21.1 Å². The van der Waals surface area contributed by atoms with Crippen molar-refractivity contribution in [3.63, 3.8) is 0 Å². The third-order valence-corrected chi connectivity index (χ3v) is 5.84. The van der Waals surface area contributed by atoms with E-state index in [1.165, 1.54) is 0 Å². The molecule has 0 radical (unpaired) electrons. The first-order valence-electron chi connectivity index (χ1n) is 11.5. The van der Waals surface area contributed by atoms with Crippen LogP contribution < -0.4 is 21.1 Å². The molecular formula is C28H27N5O2. The van der Waals surface area contributed by atoms with E-state index in [0.717, 1.165) is 35.2 Å². The topological polar surface area (TPSA) is 105 Å². The Bertz CT molecular complexity index is 1320. The van der Waals surface area contributed by atoms with Crippen molar-refractivity contribution in [3.8, 4) is 17.6 Å². The van der Waals surface area contributed by atoms with E-state index in [9.17, 15) is 4.79 Å². The zero-order valence-corrected chi connectivity index (χ0v) is 19.8. The predicted molar refractivity (Wildman–Crippen MR) is 137 cm³/mol. The van der Waals surface area contributed by atoms with Gasteiger partial charge in [-0.3, -0.25) is 4.79 Å². The highest BCUT2D eigenvalue weighted by Gasteiger charge is 2.26. The van der Waals surface area contributed by atoms with E-state index in [4.69, 9.17) is 22.3 Å². The third-order valence-electron chi connectivity index (χ3n) is 5.84. The molecule has 1 saturated carbocycles.